The SMILES string of the molecule is O=C1CCOCC1c1ccc(Cl)cc1.OC1CCOCC1c1ccc(Cl)cc1. The molecule has 0 spiro atoms. The fourth-order valence-corrected chi connectivity index (χ4v) is 3.63. The number of hydrogen-bond acceptors (Lipinski definition) is 4. The van der Waals surface area contributed by atoms with Crippen LogP contribution in [0.25, 0.3) is 0 Å². The lowest BCUT2D eigenvalue weighted by Gasteiger charge is -2.27. The van der Waals surface area contributed by atoms with E-state index in [9.17, 15) is 9.90 Å². The summed E-state index contributed by atoms with van der Waals surface area (Å²) in [5, 5.41) is 11.2. The molecule has 4 rings (SSSR count). The maximum atomic E-state index is 11.6. The highest BCUT2D eigenvalue weighted by molar-refractivity contribution is 6.30. The van der Waals surface area contributed by atoms with E-state index in [1.54, 1.807) is 12.1 Å². The third-order valence-corrected chi connectivity index (χ3v) is 5.56. The van der Waals surface area contributed by atoms with Crippen molar-refractivity contribution in [2.24, 2.45) is 0 Å². The van der Waals surface area contributed by atoms with Crippen LogP contribution in [0.4, 0.5) is 0 Å². The number of aliphatic hydroxyl groups is 1. The number of rotatable bonds is 2. The molecule has 3 atom stereocenters. The van der Waals surface area contributed by atoms with Gasteiger partial charge in [-0.25, -0.2) is 0 Å². The minimum atomic E-state index is -0.287. The van der Waals surface area contributed by atoms with Gasteiger partial charge in [-0.3, -0.25) is 4.79 Å². The average Bonchev–Trinajstić information content (AvgIpc) is 2.71. The molecule has 2 aromatic carbocycles. The number of carbonyl (C=O) groups excluding carboxylic acids is 1. The van der Waals surface area contributed by atoms with E-state index in [1.807, 2.05) is 36.4 Å². The summed E-state index contributed by atoms with van der Waals surface area (Å²) in [6, 6.07) is 15.0. The van der Waals surface area contributed by atoms with Crippen LogP contribution in [0.15, 0.2) is 48.5 Å². The molecular weight excluding hydrogens is 399 g/mol. The molecule has 0 saturated carbocycles. The minimum Gasteiger partial charge on any atom is -0.392 e. The largest absolute Gasteiger partial charge is 0.392 e. The summed E-state index contributed by atoms with van der Waals surface area (Å²) in [7, 11) is 0. The van der Waals surface area contributed by atoms with Crippen molar-refractivity contribution in [1.29, 1.82) is 0 Å². The topological polar surface area (TPSA) is 55.8 Å². The Morgan fingerprint density at radius 3 is 1.96 bits per heavy atom. The number of ketones is 1. The third kappa shape index (κ3) is 5.79. The molecule has 2 heterocycles. The Bertz CT molecular complexity index is 761. The van der Waals surface area contributed by atoms with Gasteiger partial charge in [-0.2, -0.15) is 0 Å². The van der Waals surface area contributed by atoms with Crippen LogP contribution in [0.2, 0.25) is 10.0 Å². The van der Waals surface area contributed by atoms with Gasteiger partial charge in [0, 0.05) is 29.0 Å². The van der Waals surface area contributed by atoms with Gasteiger partial charge >= 0.3 is 0 Å². The summed E-state index contributed by atoms with van der Waals surface area (Å²) in [5.74, 6) is 0.264. The van der Waals surface area contributed by atoms with Gasteiger partial charge in [-0.05, 0) is 41.8 Å². The number of Topliss-reactive ketones (excluding diaryl/α,β-unsaturated/α-hetero) is 1. The molecule has 4 nitrogen and oxygen atoms in total. The first-order valence-corrected chi connectivity index (χ1v) is 10.2. The second-order valence-corrected chi connectivity index (χ2v) is 7.86. The second-order valence-electron chi connectivity index (χ2n) is 6.98. The van der Waals surface area contributed by atoms with Crippen molar-refractivity contribution in [3.8, 4) is 0 Å². The molecule has 6 heteroatoms. The van der Waals surface area contributed by atoms with Gasteiger partial charge in [0.15, 0.2) is 0 Å². The van der Waals surface area contributed by atoms with Crippen molar-refractivity contribution >= 4 is 29.0 Å². The van der Waals surface area contributed by atoms with Gasteiger partial charge in [0.25, 0.3) is 0 Å². The molecule has 150 valence electrons. The molecule has 0 radical (unpaired) electrons. The zero-order valence-electron chi connectivity index (χ0n) is 15.5. The number of aliphatic hydroxyl groups excluding tert-OH is 1. The first-order valence-electron chi connectivity index (χ1n) is 9.42. The van der Waals surface area contributed by atoms with Gasteiger partial charge in [0.1, 0.15) is 5.78 Å². The van der Waals surface area contributed by atoms with Crippen molar-refractivity contribution < 1.29 is 19.4 Å². The first kappa shape index (κ1) is 21.3. The van der Waals surface area contributed by atoms with Crippen LogP contribution < -0.4 is 0 Å². The molecule has 1 N–H and O–H groups in total. The zero-order valence-corrected chi connectivity index (χ0v) is 17.0. The Morgan fingerprint density at radius 1 is 0.821 bits per heavy atom. The number of benzene rings is 2. The normalized spacial score (nSPS) is 25.0. The van der Waals surface area contributed by atoms with E-state index < -0.39 is 0 Å². The summed E-state index contributed by atoms with van der Waals surface area (Å²) in [6.07, 6.45) is 0.950. The molecule has 2 fully saturated rings. The van der Waals surface area contributed by atoms with Crippen LogP contribution >= 0.6 is 23.2 Å². The molecule has 2 saturated heterocycles. The Kier molecular flexibility index (Phi) is 7.89. The van der Waals surface area contributed by atoms with Gasteiger partial charge in [-0.15, -0.1) is 0 Å². The van der Waals surface area contributed by atoms with E-state index in [0.717, 1.165) is 16.1 Å². The molecule has 0 amide bonds. The van der Waals surface area contributed by atoms with E-state index in [0.29, 0.717) is 44.3 Å². The van der Waals surface area contributed by atoms with Crippen molar-refractivity contribution in [3.63, 3.8) is 0 Å². The summed E-state index contributed by atoms with van der Waals surface area (Å²) < 4.78 is 10.6. The predicted molar refractivity (Wildman–Crippen MR) is 110 cm³/mol. The quantitative estimate of drug-likeness (QED) is 0.766. The summed E-state index contributed by atoms with van der Waals surface area (Å²) in [6.45, 7) is 2.32. The number of hydrogen-bond donors (Lipinski definition) is 1. The van der Waals surface area contributed by atoms with Crippen molar-refractivity contribution in [2.45, 2.75) is 30.8 Å². The Labute approximate surface area is 175 Å². The maximum Gasteiger partial charge on any atom is 0.144 e. The van der Waals surface area contributed by atoms with Gasteiger partial charge in [0.05, 0.1) is 31.8 Å². The highest BCUT2D eigenvalue weighted by atomic mass is 35.5. The van der Waals surface area contributed by atoms with Crippen LogP contribution in [0.5, 0.6) is 0 Å². The van der Waals surface area contributed by atoms with Crippen LogP contribution in [0.3, 0.4) is 0 Å². The highest BCUT2D eigenvalue weighted by Gasteiger charge is 2.25. The molecule has 0 aliphatic carbocycles. The van der Waals surface area contributed by atoms with Gasteiger partial charge in [0.2, 0.25) is 0 Å². The van der Waals surface area contributed by atoms with Gasteiger partial charge in [-0.1, -0.05) is 47.5 Å². The Balaban J connectivity index is 0.000000161. The lowest BCUT2D eigenvalue weighted by molar-refractivity contribution is -0.126. The average molecular weight is 423 g/mol. The molecule has 0 bridgehead atoms. The summed E-state index contributed by atoms with van der Waals surface area (Å²) >= 11 is 11.6. The molecule has 2 aromatic rings. The third-order valence-electron chi connectivity index (χ3n) is 5.06. The van der Waals surface area contributed by atoms with E-state index in [4.69, 9.17) is 32.7 Å². The Morgan fingerprint density at radius 2 is 1.39 bits per heavy atom. The fraction of sp³-hybridized carbons (Fsp3) is 0.409. The minimum absolute atomic E-state index is 0.0963. The van der Waals surface area contributed by atoms with E-state index in [1.165, 1.54) is 0 Å². The molecule has 2 aliphatic rings. The second kappa shape index (κ2) is 10.4. The monoisotopic (exact) mass is 422 g/mol. The van der Waals surface area contributed by atoms with Crippen molar-refractivity contribution in [1.82, 2.24) is 0 Å². The zero-order chi connectivity index (χ0) is 19.9. The smallest absolute Gasteiger partial charge is 0.144 e. The molecule has 3 unspecified atom stereocenters. The van der Waals surface area contributed by atoms with Crippen LogP contribution in [0, 0.1) is 0 Å². The lowest BCUT2D eigenvalue weighted by atomic mass is 9.91. The van der Waals surface area contributed by atoms with Crippen molar-refractivity contribution in [2.75, 3.05) is 26.4 Å². The molecule has 0 aromatic heterocycles. The maximum absolute atomic E-state index is 11.6. The lowest BCUT2D eigenvalue weighted by Crippen LogP contribution is -2.29. The summed E-state index contributed by atoms with van der Waals surface area (Å²) in [4.78, 5) is 11.6. The van der Waals surface area contributed by atoms with Crippen LogP contribution in [-0.4, -0.2) is 43.4 Å². The number of ether oxygens (including phenoxy) is 2. The van der Waals surface area contributed by atoms with Crippen LogP contribution in [0.1, 0.15) is 35.8 Å². The van der Waals surface area contributed by atoms with Gasteiger partial charge < -0.3 is 14.6 Å². The van der Waals surface area contributed by atoms with Crippen LogP contribution in [-0.2, 0) is 14.3 Å². The number of halogens is 2. The fourth-order valence-electron chi connectivity index (χ4n) is 3.37. The van der Waals surface area contributed by atoms with E-state index in [2.05, 4.69) is 0 Å². The molecular formula is C22H24Cl2O4. The first-order chi connectivity index (χ1) is 13.5. The van der Waals surface area contributed by atoms with Crippen molar-refractivity contribution in [3.05, 3.63) is 69.7 Å². The summed E-state index contributed by atoms with van der Waals surface area (Å²) in [5.41, 5.74) is 2.10. The molecule has 2 aliphatic heterocycles. The predicted octanol–water partition coefficient (Wildman–Crippen LogP) is 4.62. The standard InChI is InChI=1S/C11H13ClO2.C11H11ClO2/c2*12-9-3-1-8(2-4-9)10-7-14-6-5-11(10)13/h1-4,10-11,13H,5-7H2;1-4,10H,5-7H2. The number of carbonyl (C=O) groups is 1. The molecule has 28 heavy (non-hydrogen) atoms. The highest BCUT2D eigenvalue weighted by Crippen LogP contribution is 2.27. The van der Waals surface area contributed by atoms with E-state index >= 15 is 0 Å². The Hall–Kier alpha value is -1.43. The van der Waals surface area contributed by atoms with E-state index in [-0.39, 0.29) is 23.7 Å².